The summed E-state index contributed by atoms with van der Waals surface area (Å²) in [5.41, 5.74) is 8.66. The van der Waals surface area contributed by atoms with Gasteiger partial charge in [-0.25, -0.2) is 0 Å². The Morgan fingerprint density at radius 2 is 1.24 bits per heavy atom. The molecule has 2 aromatic heterocycles. The van der Waals surface area contributed by atoms with Crippen LogP contribution in [0.2, 0.25) is 0 Å². The molecule has 0 amide bonds. The first-order valence-corrected chi connectivity index (χ1v) is 13.7. The van der Waals surface area contributed by atoms with E-state index in [0.717, 1.165) is 22.5 Å². The molecule has 2 heterocycles. The molecule has 42 heavy (non-hydrogen) atoms. The molecule has 0 aliphatic heterocycles. The molecule has 6 aromatic rings. The number of hydrogen-bond acceptors (Lipinski definition) is 2. The molecule has 0 saturated carbocycles. The average molecular weight is 725 g/mol. The monoisotopic (exact) mass is 725 g/mol. The van der Waals surface area contributed by atoms with Gasteiger partial charge in [-0.15, -0.1) is 70.8 Å². The summed E-state index contributed by atoms with van der Waals surface area (Å²) in [5, 5.41) is 0. The Morgan fingerprint density at radius 1 is 0.595 bits per heavy atom. The second-order valence-electron chi connectivity index (χ2n) is 10.7. The molecular formula is C39H34IrN2-2. The van der Waals surface area contributed by atoms with Crippen molar-refractivity contribution in [2.24, 2.45) is 0 Å². The van der Waals surface area contributed by atoms with Gasteiger partial charge in [0, 0.05) is 35.2 Å². The van der Waals surface area contributed by atoms with Crippen molar-refractivity contribution in [1.29, 1.82) is 0 Å². The van der Waals surface area contributed by atoms with Crippen LogP contribution in [0.3, 0.4) is 0 Å². The summed E-state index contributed by atoms with van der Waals surface area (Å²) in [5.74, 6) is 0. The van der Waals surface area contributed by atoms with Crippen molar-refractivity contribution in [3.8, 4) is 33.6 Å². The minimum Gasteiger partial charge on any atom is -0.305 e. The van der Waals surface area contributed by atoms with E-state index < -0.39 is 6.37 Å². The summed E-state index contributed by atoms with van der Waals surface area (Å²) in [6.45, 7) is 6.66. The largest absolute Gasteiger partial charge is 0.305 e. The van der Waals surface area contributed by atoms with Gasteiger partial charge in [0.25, 0.3) is 0 Å². The van der Waals surface area contributed by atoms with Crippen molar-refractivity contribution in [2.75, 3.05) is 0 Å². The van der Waals surface area contributed by atoms with Crippen LogP contribution in [0, 0.1) is 12.1 Å². The smallest absolute Gasteiger partial charge is 0.0349 e. The van der Waals surface area contributed by atoms with Crippen LogP contribution in [0.4, 0.5) is 0 Å². The maximum Gasteiger partial charge on any atom is 0.0349 e. The van der Waals surface area contributed by atoms with E-state index in [-0.39, 0.29) is 25.5 Å². The molecule has 0 saturated heterocycles. The molecule has 0 spiro atoms. The second-order valence-corrected chi connectivity index (χ2v) is 10.7. The van der Waals surface area contributed by atoms with Gasteiger partial charge in [-0.3, -0.25) is 0 Å². The molecule has 0 fully saturated rings. The van der Waals surface area contributed by atoms with Gasteiger partial charge in [-0.05, 0) is 52.0 Å². The topological polar surface area (TPSA) is 25.8 Å². The van der Waals surface area contributed by atoms with Gasteiger partial charge >= 0.3 is 0 Å². The zero-order valence-corrected chi connectivity index (χ0v) is 26.4. The van der Waals surface area contributed by atoms with Crippen LogP contribution in [0.1, 0.15) is 40.2 Å². The van der Waals surface area contributed by atoms with Crippen LogP contribution >= 0.6 is 0 Å². The van der Waals surface area contributed by atoms with Crippen molar-refractivity contribution < 1.29 is 22.8 Å². The van der Waals surface area contributed by atoms with E-state index in [4.69, 9.17) is 2.74 Å². The third-order valence-corrected chi connectivity index (χ3v) is 6.62. The van der Waals surface area contributed by atoms with E-state index in [1.165, 1.54) is 16.7 Å². The molecule has 0 bridgehead atoms. The molecular weight excluding hydrogens is 689 g/mol. The molecule has 0 aliphatic rings. The van der Waals surface area contributed by atoms with Crippen LogP contribution < -0.4 is 0 Å². The van der Waals surface area contributed by atoms with Crippen molar-refractivity contribution in [2.45, 2.75) is 32.6 Å². The predicted molar refractivity (Wildman–Crippen MR) is 170 cm³/mol. The summed E-state index contributed by atoms with van der Waals surface area (Å²) in [6, 6.07) is 47.5. The minimum atomic E-state index is -1.54. The third-order valence-electron chi connectivity index (χ3n) is 6.62. The predicted octanol–water partition coefficient (Wildman–Crippen LogP) is 9.65. The Balaban J connectivity index is 0.000000197. The Hall–Kier alpha value is -4.17. The number of hydrogen-bond donors (Lipinski definition) is 0. The molecule has 1 radical (unpaired) electrons. The summed E-state index contributed by atoms with van der Waals surface area (Å²) in [6.07, 6.45) is 2.07. The molecule has 6 rings (SSSR count). The van der Waals surface area contributed by atoms with Gasteiger partial charge in [0.2, 0.25) is 0 Å². The Morgan fingerprint density at radius 3 is 1.93 bits per heavy atom. The van der Waals surface area contributed by atoms with Crippen LogP contribution in [0.25, 0.3) is 33.6 Å². The van der Waals surface area contributed by atoms with Gasteiger partial charge in [0.1, 0.15) is 0 Å². The summed E-state index contributed by atoms with van der Waals surface area (Å²) in [4.78, 5) is 8.82. The Bertz CT molecular complexity index is 1770. The molecule has 4 aromatic carbocycles. The molecule has 0 unspecified atom stereocenters. The molecule has 211 valence electrons. The third kappa shape index (κ3) is 8.42. The quantitative estimate of drug-likeness (QED) is 0.166. The van der Waals surface area contributed by atoms with Gasteiger partial charge in [-0.2, -0.15) is 0 Å². The van der Waals surface area contributed by atoms with E-state index in [2.05, 4.69) is 91.4 Å². The maximum atomic E-state index is 8.40. The maximum absolute atomic E-state index is 8.40. The van der Waals surface area contributed by atoms with Crippen molar-refractivity contribution in [3.63, 3.8) is 0 Å². The molecule has 0 aliphatic carbocycles. The van der Waals surface area contributed by atoms with Crippen molar-refractivity contribution in [3.05, 3.63) is 169 Å². The van der Waals surface area contributed by atoms with Crippen LogP contribution in [-0.4, -0.2) is 9.97 Å². The van der Waals surface area contributed by atoms with E-state index in [0.29, 0.717) is 11.1 Å². The van der Waals surface area contributed by atoms with Crippen molar-refractivity contribution in [1.82, 2.24) is 9.97 Å². The average Bonchev–Trinajstić information content (AvgIpc) is 3.06. The number of aromatic nitrogens is 2. The van der Waals surface area contributed by atoms with Crippen molar-refractivity contribution >= 4 is 0 Å². The number of pyridine rings is 2. The number of rotatable bonds is 5. The first kappa shape index (κ1) is 28.0. The standard InChI is InChI=1S/C21H20N.C18H14N.Ir/c1-21(2,3)19-12-13-22-20(15-19)18-11-7-10-17(14-18)16-8-5-4-6-9-16;1-2-7-15(8-3-1)13-16-9-6-10-17(14-16)18-11-4-5-12-19-18;/h4-10,12-15H,1-3H3;1-9,11-12,14H,13H2;/q2*-1;/i;13D2;. The first-order chi connectivity index (χ1) is 20.7. The Kier molecular flexibility index (Phi) is 9.75. The fourth-order valence-electron chi connectivity index (χ4n) is 4.37. The van der Waals surface area contributed by atoms with Gasteiger partial charge in [-0.1, -0.05) is 99.6 Å². The molecule has 0 N–H and O–H groups in total. The fraction of sp³-hybridized carbons (Fsp3) is 0.128. The molecule has 2 nitrogen and oxygen atoms in total. The number of benzene rings is 4. The zero-order valence-electron chi connectivity index (χ0n) is 26.0. The molecule has 3 heteroatoms. The van der Waals surface area contributed by atoms with Gasteiger partial charge in [0.05, 0.1) is 0 Å². The minimum absolute atomic E-state index is 0. The van der Waals surface area contributed by atoms with Gasteiger partial charge < -0.3 is 9.97 Å². The van der Waals surface area contributed by atoms with Gasteiger partial charge in [0.15, 0.2) is 0 Å². The molecule has 0 atom stereocenters. The van der Waals surface area contributed by atoms with E-state index in [9.17, 15) is 0 Å². The Labute approximate surface area is 266 Å². The van der Waals surface area contributed by atoms with Crippen LogP contribution in [0.15, 0.2) is 140 Å². The SMILES string of the molecule is CC(C)(C)c1ccnc(-c2[c-]ccc(-c3ccccc3)c2)c1.[2H]C([2H])(c1ccccc1)c1cc[c-]c(-c2ccccn2)c1.[Ir]. The summed E-state index contributed by atoms with van der Waals surface area (Å²) < 4.78 is 16.8. The fourth-order valence-corrected chi connectivity index (χ4v) is 4.37. The first-order valence-electron chi connectivity index (χ1n) is 14.7. The van der Waals surface area contributed by atoms with E-state index >= 15 is 0 Å². The van der Waals surface area contributed by atoms with E-state index in [1.807, 2.05) is 60.8 Å². The summed E-state index contributed by atoms with van der Waals surface area (Å²) in [7, 11) is 0. The van der Waals surface area contributed by atoms with Crippen LogP contribution in [0.5, 0.6) is 0 Å². The van der Waals surface area contributed by atoms with Crippen LogP contribution in [-0.2, 0) is 31.9 Å². The number of nitrogens with zero attached hydrogens (tertiary/aromatic N) is 2. The van der Waals surface area contributed by atoms with E-state index in [1.54, 1.807) is 30.5 Å². The second kappa shape index (κ2) is 14.6. The summed E-state index contributed by atoms with van der Waals surface area (Å²) >= 11 is 0. The zero-order chi connectivity index (χ0) is 30.3. The normalized spacial score (nSPS) is 11.7.